The summed E-state index contributed by atoms with van der Waals surface area (Å²) in [6, 6.07) is 7.15. The number of nitrogens with zero attached hydrogens (tertiary/aromatic N) is 2. The minimum absolute atomic E-state index is 0.0238. The lowest BCUT2D eigenvalue weighted by atomic mass is 9.67. The first-order chi connectivity index (χ1) is 10.0. The maximum absolute atomic E-state index is 11.2. The van der Waals surface area contributed by atoms with Crippen molar-refractivity contribution < 1.29 is 4.92 Å². The van der Waals surface area contributed by atoms with Gasteiger partial charge in [-0.3, -0.25) is 10.1 Å². The van der Waals surface area contributed by atoms with Crippen molar-refractivity contribution in [2.75, 3.05) is 0 Å². The topological polar surface area (TPSA) is 66.9 Å². The van der Waals surface area contributed by atoms with Gasteiger partial charge >= 0.3 is 0 Å². The molecule has 1 saturated carbocycles. The lowest BCUT2D eigenvalue weighted by Gasteiger charge is -2.35. The quantitative estimate of drug-likeness (QED) is 0.587. The van der Waals surface area contributed by atoms with Crippen LogP contribution in [0.25, 0.3) is 0 Å². The second kappa shape index (κ2) is 6.44. The average Bonchev–Trinajstić information content (AvgIpc) is 2.49. The van der Waals surface area contributed by atoms with E-state index in [1.807, 2.05) is 0 Å². The number of benzene rings is 1. The second-order valence-electron chi connectivity index (χ2n) is 5.93. The van der Waals surface area contributed by atoms with Crippen molar-refractivity contribution in [1.82, 2.24) is 0 Å². The van der Waals surface area contributed by atoms with Crippen LogP contribution in [-0.2, 0) is 6.42 Å². The summed E-state index contributed by atoms with van der Waals surface area (Å²) in [5.74, 6) is 0.528. The molecule has 112 valence electrons. The Hall–Kier alpha value is -1.60. The maximum Gasteiger partial charge on any atom is 0.274 e. The number of nitro benzene ring substituents is 1. The summed E-state index contributed by atoms with van der Waals surface area (Å²) >= 11 is 6.17. The Morgan fingerprint density at radius 2 is 2.33 bits per heavy atom. The molecule has 2 atom stereocenters. The lowest BCUT2D eigenvalue weighted by molar-refractivity contribution is -0.385. The van der Waals surface area contributed by atoms with Crippen molar-refractivity contribution in [3.8, 4) is 6.07 Å². The average molecular weight is 307 g/mol. The standard InChI is InChI=1S/C16H19ClN2O2/c1-2-12-5-4-8-16(9-12,11-18)10-13-14(17)6-3-7-15(13)19(20)21/h3,6-7,12H,2,4-5,8-10H2,1H3. The third-order valence-electron chi connectivity index (χ3n) is 4.57. The summed E-state index contributed by atoms with van der Waals surface area (Å²) in [6.45, 7) is 2.13. The van der Waals surface area contributed by atoms with Gasteiger partial charge in [-0.05, 0) is 31.2 Å². The summed E-state index contributed by atoms with van der Waals surface area (Å²) in [5.41, 5.74) is 0.00696. The molecule has 0 N–H and O–H groups in total. The molecule has 0 amide bonds. The summed E-state index contributed by atoms with van der Waals surface area (Å²) in [7, 11) is 0. The molecule has 1 aromatic carbocycles. The molecule has 5 heteroatoms. The van der Waals surface area contributed by atoms with E-state index in [0.717, 1.165) is 32.1 Å². The molecular formula is C16H19ClN2O2. The predicted molar refractivity (Wildman–Crippen MR) is 82.1 cm³/mol. The highest BCUT2D eigenvalue weighted by Gasteiger charge is 2.38. The van der Waals surface area contributed by atoms with E-state index in [0.29, 0.717) is 22.9 Å². The van der Waals surface area contributed by atoms with Crippen LogP contribution in [-0.4, -0.2) is 4.92 Å². The van der Waals surface area contributed by atoms with Gasteiger partial charge in [-0.2, -0.15) is 5.26 Å². The van der Waals surface area contributed by atoms with E-state index in [9.17, 15) is 15.4 Å². The van der Waals surface area contributed by atoms with Crippen molar-refractivity contribution in [1.29, 1.82) is 5.26 Å². The molecule has 21 heavy (non-hydrogen) atoms. The Balaban J connectivity index is 2.35. The van der Waals surface area contributed by atoms with Crippen LogP contribution in [0.5, 0.6) is 0 Å². The molecule has 1 fully saturated rings. The van der Waals surface area contributed by atoms with Crippen molar-refractivity contribution >= 4 is 17.3 Å². The lowest BCUT2D eigenvalue weighted by Crippen LogP contribution is -2.29. The van der Waals surface area contributed by atoms with Gasteiger partial charge in [0.1, 0.15) is 0 Å². The van der Waals surface area contributed by atoms with Gasteiger partial charge in [-0.1, -0.05) is 43.9 Å². The van der Waals surface area contributed by atoms with Crippen LogP contribution in [0.2, 0.25) is 5.02 Å². The molecule has 0 spiro atoms. The minimum atomic E-state index is -0.519. The molecule has 0 heterocycles. The van der Waals surface area contributed by atoms with Gasteiger partial charge in [0.05, 0.1) is 21.4 Å². The smallest absolute Gasteiger partial charge is 0.258 e. The first kappa shape index (κ1) is 15.8. The van der Waals surface area contributed by atoms with E-state index in [1.165, 1.54) is 6.07 Å². The highest BCUT2D eigenvalue weighted by Crippen LogP contribution is 2.44. The van der Waals surface area contributed by atoms with E-state index in [4.69, 9.17) is 11.6 Å². The summed E-state index contributed by atoms with van der Waals surface area (Å²) < 4.78 is 0. The Morgan fingerprint density at radius 3 is 2.95 bits per heavy atom. The largest absolute Gasteiger partial charge is 0.274 e. The molecule has 2 unspecified atom stereocenters. The zero-order chi connectivity index (χ0) is 15.5. The molecule has 1 aliphatic rings. The van der Waals surface area contributed by atoms with E-state index in [-0.39, 0.29) is 5.69 Å². The number of nitro groups is 1. The number of hydrogen-bond acceptors (Lipinski definition) is 3. The van der Waals surface area contributed by atoms with Crippen LogP contribution in [0.15, 0.2) is 18.2 Å². The molecular weight excluding hydrogens is 288 g/mol. The number of nitriles is 1. The molecule has 0 aromatic heterocycles. The van der Waals surface area contributed by atoms with E-state index >= 15 is 0 Å². The fourth-order valence-corrected chi connectivity index (χ4v) is 3.60. The van der Waals surface area contributed by atoms with Crippen LogP contribution in [0.3, 0.4) is 0 Å². The van der Waals surface area contributed by atoms with Gasteiger partial charge in [0, 0.05) is 11.6 Å². The predicted octanol–water partition coefficient (Wildman–Crippen LogP) is 4.90. The molecule has 0 radical (unpaired) electrons. The van der Waals surface area contributed by atoms with Gasteiger partial charge in [0.2, 0.25) is 0 Å². The van der Waals surface area contributed by atoms with Gasteiger partial charge in [-0.15, -0.1) is 0 Å². The van der Waals surface area contributed by atoms with Gasteiger partial charge in [-0.25, -0.2) is 0 Å². The third kappa shape index (κ3) is 3.36. The molecule has 2 rings (SSSR count). The van der Waals surface area contributed by atoms with Gasteiger partial charge < -0.3 is 0 Å². The highest BCUT2D eigenvalue weighted by molar-refractivity contribution is 6.31. The van der Waals surface area contributed by atoms with E-state index in [2.05, 4.69) is 13.0 Å². The number of halogens is 1. The number of rotatable bonds is 4. The zero-order valence-corrected chi connectivity index (χ0v) is 12.9. The van der Waals surface area contributed by atoms with Gasteiger partial charge in [0.15, 0.2) is 0 Å². The summed E-state index contributed by atoms with van der Waals surface area (Å²) in [5, 5.41) is 21.3. The monoisotopic (exact) mass is 306 g/mol. The molecule has 0 aliphatic heterocycles. The van der Waals surface area contributed by atoms with Gasteiger partial charge in [0.25, 0.3) is 5.69 Å². The van der Waals surface area contributed by atoms with Crippen LogP contribution >= 0.6 is 11.6 Å². The van der Waals surface area contributed by atoms with Crippen LogP contribution in [0.4, 0.5) is 5.69 Å². The fourth-order valence-electron chi connectivity index (χ4n) is 3.37. The van der Waals surface area contributed by atoms with E-state index < -0.39 is 10.3 Å². The zero-order valence-electron chi connectivity index (χ0n) is 12.1. The third-order valence-corrected chi connectivity index (χ3v) is 4.92. The first-order valence-electron chi connectivity index (χ1n) is 7.34. The summed E-state index contributed by atoms with van der Waals surface area (Å²) in [4.78, 5) is 10.8. The van der Waals surface area contributed by atoms with Crippen molar-refractivity contribution in [2.45, 2.75) is 45.4 Å². The maximum atomic E-state index is 11.2. The fraction of sp³-hybridized carbons (Fsp3) is 0.562. The molecule has 1 aromatic rings. The van der Waals surface area contributed by atoms with Crippen LogP contribution in [0, 0.1) is 32.8 Å². The molecule has 0 saturated heterocycles. The highest BCUT2D eigenvalue weighted by atomic mass is 35.5. The molecule has 0 bridgehead atoms. The Labute approximate surface area is 129 Å². The normalized spacial score (nSPS) is 25.3. The van der Waals surface area contributed by atoms with Crippen LogP contribution < -0.4 is 0 Å². The summed E-state index contributed by atoms with van der Waals surface area (Å²) in [6.07, 6.45) is 5.17. The first-order valence-corrected chi connectivity index (χ1v) is 7.72. The second-order valence-corrected chi connectivity index (χ2v) is 6.34. The Bertz CT molecular complexity index is 582. The van der Waals surface area contributed by atoms with E-state index in [1.54, 1.807) is 12.1 Å². The molecule has 1 aliphatic carbocycles. The van der Waals surface area contributed by atoms with Crippen LogP contribution in [0.1, 0.15) is 44.6 Å². The number of hydrogen-bond donors (Lipinski definition) is 0. The minimum Gasteiger partial charge on any atom is -0.258 e. The molecule has 4 nitrogen and oxygen atoms in total. The Morgan fingerprint density at radius 1 is 1.57 bits per heavy atom. The Kier molecular flexibility index (Phi) is 4.84. The van der Waals surface area contributed by atoms with Crippen molar-refractivity contribution in [3.05, 3.63) is 38.9 Å². The van der Waals surface area contributed by atoms with Crippen molar-refractivity contribution in [2.24, 2.45) is 11.3 Å². The van der Waals surface area contributed by atoms with Crippen molar-refractivity contribution in [3.63, 3.8) is 0 Å². The SMILES string of the molecule is CCC1CCCC(C#N)(Cc2c(Cl)cccc2[N+](=O)[O-])C1.